The van der Waals surface area contributed by atoms with E-state index in [0.717, 1.165) is 44.1 Å². The number of rotatable bonds is 3. The second-order valence-electron chi connectivity index (χ2n) is 5.17. The van der Waals surface area contributed by atoms with Crippen molar-refractivity contribution < 1.29 is 0 Å². The summed E-state index contributed by atoms with van der Waals surface area (Å²) in [4.78, 5) is 13.2. The van der Waals surface area contributed by atoms with E-state index >= 15 is 0 Å². The number of aromatic nitrogens is 3. The Hall–Kier alpha value is -1.43. The average molecular weight is 292 g/mol. The highest BCUT2D eigenvalue weighted by Crippen LogP contribution is 2.18. The molecule has 0 aromatic carbocycles. The molecule has 6 heteroatoms. The molecular formula is C14H18ClN5. The fraction of sp³-hybridized carbons (Fsp3) is 0.429. The van der Waals surface area contributed by atoms with Crippen molar-refractivity contribution in [2.24, 2.45) is 0 Å². The quantitative estimate of drug-likeness (QED) is 0.806. The molecule has 3 heterocycles. The molecule has 0 amide bonds. The minimum absolute atomic E-state index is 0.579. The van der Waals surface area contributed by atoms with Crippen LogP contribution < -0.4 is 0 Å². The molecule has 0 aliphatic carbocycles. The smallest absolute Gasteiger partial charge is 0.139 e. The van der Waals surface area contributed by atoms with Crippen LogP contribution in [-0.4, -0.2) is 57.6 Å². The molecular weight excluding hydrogens is 274 g/mol. The molecule has 3 rings (SSSR count). The molecule has 106 valence electrons. The van der Waals surface area contributed by atoms with Gasteiger partial charge in [0.1, 0.15) is 17.3 Å². The van der Waals surface area contributed by atoms with Gasteiger partial charge in [-0.2, -0.15) is 0 Å². The van der Waals surface area contributed by atoms with Crippen molar-refractivity contribution >= 4 is 11.6 Å². The van der Waals surface area contributed by atoms with Crippen LogP contribution in [0, 0.1) is 0 Å². The summed E-state index contributed by atoms with van der Waals surface area (Å²) in [6, 6.07) is 4.04. The Morgan fingerprint density at radius 1 is 1.20 bits per heavy atom. The highest BCUT2D eigenvalue weighted by molar-refractivity contribution is 6.30. The lowest BCUT2D eigenvalue weighted by molar-refractivity contribution is 0.148. The molecule has 1 aliphatic rings. The predicted molar refractivity (Wildman–Crippen MR) is 79.1 cm³/mol. The molecule has 0 radical (unpaired) electrons. The van der Waals surface area contributed by atoms with Crippen molar-refractivity contribution in [3.05, 3.63) is 41.6 Å². The second-order valence-corrected chi connectivity index (χ2v) is 5.53. The predicted octanol–water partition coefficient (Wildman–Crippen LogP) is 1.67. The van der Waals surface area contributed by atoms with Gasteiger partial charge in [0.15, 0.2) is 0 Å². The molecule has 20 heavy (non-hydrogen) atoms. The fourth-order valence-corrected chi connectivity index (χ4v) is 2.57. The molecule has 1 fully saturated rings. The van der Waals surface area contributed by atoms with Crippen molar-refractivity contribution in [2.75, 3.05) is 33.2 Å². The van der Waals surface area contributed by atoms with E-state index in [1.165, 1.54) is 0 Å². The monoisotopic (exact) mass is 291 g/mol. The SMILES string of the molecule is CN1CCN(Cc2ccc(-n3ccnc3)nc2Cl)CC1. The van der Waals surface area contributed by atoms with Crippen LogP contribution in [0.4, 0.5) is 0 Å². The van der Waals surface area contributed by atoms with E-state index < -0.39 is 0 Å². The maximum absolute atomic E-state index is 6.31. The molecule has 0 unspecified atom stereocenters. The molecule has 0 bridgehead atoms. The zero-order chi connectivity index (χ0) is 13.9. The van der Waals surface area contributed by atoms with E-state index in [-0.39, 0.29) is 0 Å². The first kappa shape index (κ1) is 13.5. The largest absolute Gasteiger partial charge is 0.304 e. The lowest BCUT2D eigenvalue weighted by Crippen LogP contribution is -2.43. The summed E-state index contributed by atoms with van der Waals surface area (Å²) < 4.78 is 1.85. The minimum atomic E-state index is 0.579. The third kappa shape index (κ3) is 3.00. The van der Waals surface area contributed by atoms with Crippen molar-refractivity contribution in [1.82, 2.24) is 24.3 Å². The number of piperazine rings is 1. The summed E-state index contributed by atoms with van der Waals surface area (Å²) in [6.07, 6.45) is 5.31. The topological polar surface area (TPSA) is 37.2 Å². The van der Waals surface area contributed by atoms with Gasteiger partial charge in [-0.25, -0.2) is 9.97 Å². The summed E-state index contributed by atoms with van der Waals surface area (Å²) in [5.74, 6) is 0.801. The standard InChI is InChI=1S/C14H18ClN5/c1-18-6-8-19(9-7-18)10-12-2-3-13(17-14(12)15)20-5-4-16-11-20/h2-5,11H,6-10H2,1H3. The van der Waals surface area contributed by atoms with Crippen LogP contribution in [0.15, 0.2) is 30.9 Å². The van der Waals surface area contributed by atoms with Crippen LogP contribution >= 0.6 is 11.6 Å². The molecule has 2 aromatic rings. The van der Waals surface area contributed by atoms with E-state index in [2.05, 4.69) is 32.9 Å². The first-order valence-electron chi connectivity index (χ1n) is 6.77. The van der Waals surface area contributed by atoms with Crippen molar-refractivity contribution in [3.63, 3.8) is 0 Å². The van der Waals surface area contributed by atoms with E-state index in [1.807, 2.05) is 16.8 Å². The van der Waals surface area contributed by atoms with E-state index in [9.17, 15) is 0 Å². The number of nitrogens with zero attached hydrogens (tertiary/aromatic N) is 5. The molecule has 0 spiro atoms. The van der Waals surface area contributed by atoms with Gasteiger partial charge in [0.05, 0.1) is 0 Å². The third-order valence-electron chi connectivity index (χ3n) is 3.67. The minimum Gasteiger partial charge on any atom is -0.304 e. The highest BCUT2D eigenvalue weighted by Gasteiger charge is 2.15. The van der Waals surface area contributed by atoms with Gasteiger partial charge < -0.3 is 4.90 Å². The van der Waals surface area contributed by atoms with Crippen LogP contribution in [0.5, 0.6) is 0 Å². The second kappa shape index (κ2) is 5.91. The van der Waals surface area contributed by atoms with Crippen LogP contribution in [0.25, 0.3) is 5.82 Å². The van der Waals surface area contributed by atoms with E-state index in [4.69, 9.17) is 11.6 Å². The Bertz CT molecular complexity index is 561. The van der Waals surface area contributed by atoms with E-state index in [0.29, 0.717) is 5.15 Å². The maximum Gasteiger partial charge on any atom is 0.139 e. The summed E-state index contributed by atoms with van der Waals surface area (Å²) in [5, 5.41) is 0.579. The zero-order valence-corrected chi connectivity index (χ0v) is 12.3. The van der Waals surface area contributed by atoms with Gasteiger partial charge in [-0.15, -0.1) is 0 Å². The number of hydrogen-bond donors (Lipinski definition) is 0. The Balaban J connectivity index is 1.71. The lowest BCUT2D eigenvalue weighted by Gasteiger charge is -2.32. The Kier molecular flexibility index (Phi) is 4.00. The molecule has 2 aromatic heterocycles. The molecule has 0 atom stereocenters. The number of imidazole rings is 1. The zero-order valence-electron chi connectivity index (χ0n) is 11.5. The summed E-state index contributed by atoms with van der Waals surface area (Å²) in [5.41, 5.74) is 1.08. The van der Waals surface area contributed by atoms with Gasteiger partial charge in [-0.1, -0.05) is 17.7 Å². The molecule has 0 N–H and O–H groups in total. The summed E-state index contributed by atoms with van der Waals surface area (Å²) in [7, 11) is 2.16. The van der Waals surface area contributed by atoms with Gasteiger partial charge in [-0.05, 0) is 13.1 Å². The maximum atomic E-state index is 6.31. The molecule has 1 saturated heterocycles. The average Bonchev–Trinajstić information content (AvgIpc) is 2.97. The van der Waals surface area contributed by atoms with Gasteiger partial charge >= 0.3 is 0 Å². The fourth-order valence-electron chi connectivity index (χ4n) is 2.36. The van der Waals surface area contributed by atoms with Crippen molar-refractivity contribution in [1.29, 1.82) is 0 Å². The summed E-state index contributed by atoms with van der Waals surface area (Å²) >= 11 is 6.31. The Morgan fingerprint density at radius 3 is 2.65 bits per heavy atom. The van der Waals surface area contributed by atoms with Gasteiger partial charge in [-0.3, -0.25) is 9.47 Å². The van der Waals surface area contributed by atoms with Gasteiger partial charge in [0, 0.05) is 50.7 Å². The van der Waals surface area contributed by atoms with Gasteiger partial charge in [0.25, 0.3) is 0 Å². The van der Waals surface area contributed by atoms with Crippen molar-refractivity contribution in [2.45, 2.75) is 6.54 Å². The highest BCUT2D eigenvalue weighted by atomic mass is 35.5. The number of hydrogen-bond acceptors (Lipinski definition) is 4. The van der Waals surface area contributed by atoms with E-state index in [1.54, 1.807) is 12.5 Å². The number of likely N-dealkylation sites (N-methyl/N-ethyl adjacent to an activating group) is 1. The van der Waals surface area contributed by atoms with Gasteiger partial charge in [0.2, 0.25) is 0 Å². The van der Waals surface area contributed by atoms with Crippen LogP contribution in [-0.2, 0) is 6.54 Å². The molecule has 0 saturated carbocycles. The van der Waals surface area contributed by atoms with Crippen LogP contribution in [0.2, 0.25) is 5.15 Å². The van der Waals surface area contributed by atoms with Crippen LogP contribution in [0.3, 0.4) is 0 Å². The Labute approximate surface area is 123 Å². The number of halogens is 1. The number of pyridine rings is 1. The Morgan fingerprint density at radius 2 is 2.00 bits per heavy atom. The lowest BCUT2D eigenvalue weighted by atomic mass is 10.2. The molecule has 5 nitrogen and oxygen atoms in total. The third-order valence-corrected chi connectivity index (χ3v) is 4.00. The first-order chi connectivity index (χ1) is 9.72. The first-order valence-corrected chi connectivity index (χ1v) is 7.15. The molecule has 1 aliphatic heterocycles. The summed E-state index contributed by atoms with van der Waals surface area (Å²) in [6.45, 7) is 5.24. The van der Waals surface area contributed by atoms with Crippen LogP contribution in [0.1, 0.15) is 5.56 Å². The normalized spacial score (nSPS) is 17.5. The van der Waals surface area contributed by atoms with Crippen molar-refractivity contribution in [3.8, 4) is 5.82 Å².